The van der Waals surface area contributed by atoms with E-state index in [0.29, 0.717) is 30.4 Å². The van der Waals surface area contributed by atoms with Gasteiger partial charge in [-0.15, -0.1) is 11.3 Å². The van der Waals surface area contributed by atoms with Gasteiger partial charge < -0.3 is 10.3 Å². The third-order valence-corrected chi connectivity index (χ3v) is 6.56. The molecule has 0 saturated carbocycles. The van der Waals surface area contributed by atoms with E-state index in [0.717, 1.165) is 10.7 Å². The van der Waals surface area contributed by atoms with Crippen LogP contribution >= 0.6 is 11.3 Å². The van der Waals surface area contributed by atoms with Crippen LogP contribution in [0.25, 0.3) is 0 Å². The predicted octanol–water partition coefficient (Wildman–Crippen LogP) is 0.608. The Balaban J connectivity index is 1.89. The van der Waals surface area contributed by atoms with Gasteiger partial charge in [0.05, 0.1) is 6.54 Å². The second-order valence-electron chi connectivity index (χ2n) is 4.30. The molecule has 1 aliphatic heterocycles. The Morgan fingerprint density at radius 3 is 2.95 bits per heavy atom. The first-order valence-electron chi connectivity index (χ1n) is 5.90. The molecule has 3 heterocycles. The standard InChI is InChI=1S/C11H14N4O2S2/c12-7-9-1-2-11(18-9)19(16,17)15-6-5-14-4-3-13-10(14)8-15/h1-4H,5-8,12H2. The maximum atomic E-state index is 12.5. The van der Waals surface area contributed by atoms with Crippen molar-refractivity contribution in [2.24, 2.45) is 5.73 Å². The van der Waals surface area contributed by atoms with E-state index >= 15 is 0 Å². The molecule has 19 heavy (non-hydrogen) atoms. The molecule has 8 heteroatoms. The molecule has 0 aliphatic carbocycles. The number of hydrogen-bond acceptors (Lipinski definition) is 5. The SMILES string of the molecule is NCc1ccc(S(=O)(=O)N2CCn3ccnc3C2)s1. The monoisotopic (exact) mass is 298 g/mol. The largest absolute Gasteiger partial charge is 0.333 e. The lowest BCUT2D eigenvalue weighted by molar-refractivity contribution is 0.336. The molecule has 0 fully saturated rings. The third kappa shape index (κ3) is 2.20. The van der Waals surface area contributed by atoms with Crippen molar-refractivity contribution in [2.45, 2.75) is 23.8 Å². The Bertz CT molecular complexity index is 689. The van der Waals surface area contributed by atoms with Gasteiger partial charge in [0.2, 0.25) is 0 Å². The lowest BCUT2D eigenvalue weighted by Crippen LogP contribution is -2.37. The zero-order chi connectivity index (χ0) is 13.5. The molecule has 2 aromatic rings. The van der Waals surface area contributed by atoms with Crippen molar-refractivity contribution in [3.63, 3.8) is 0 Å². The molecule has 2 N–H and O–H groups in total. The van der Waals surface area contributed by atoms with Gasteiger partial charge in [0.15, 0.2) is 0 Å². The van der Waals surface area contributed by atoms with Crippen molar-refractivity contribution in [3.05, 3.63) is 35.2 Å². The van der Waals surface area contributed by atoms with Crippen LogP contribution in [0, 0.1) is 0 Å². The summed E-state index contributed by atoms with van der Waals surface area (Å²) in [6, 6.07) is 3.39. The average molecular weight is 298 g/mol. The van der Waals surface area contributed by atoms with E-state index in [2.05, 4.69) is 4.98 Å². The Morgan fingerprint density at radius 1 is 1.37 bits per heavy atom. The van der Waals surface area contributed by atoms with Crippen molar-refractivity contribution in [1.82, 2.24) is 13.9 Å². The van der Waals surface area contributed by atoms with Crippen LogP contribution in [-0.2, 0) is 29.7 Å². The molecular formula is C11H14N4O2S2. The Labute approximate surface area is 115 Å². The number of rotatable bonds is 3. The minimum absolute atomic E-state index is 0.325. The molecule has 0 radical (unpaired) electrons. The van der Waals surface area contributed by atoms with E-state index in [1.54, 1.807) is 18.3 Å². The molecule has 0 saturated heterocycles. The summed E-state index contributed by atoms with van der Waals surface area (Å²) in [7, 11) is -3.43. The molecular weight excluding hydrogens is 284 g/mol. The molecule has 6 nitrogen and oxygen atoms in total. The first kappa shape index (κ1) is 12.8. The summed E-state index contributed by atoms with van der Waals surface area (Å²) in [4.78, 5) is 5.05. The van der Waals surface area contributed by atoms with E-state index in [1.165, 1.54) is 15.6 Å². The summed E-state index contributed by atoms with van der Waals surface area (Å²) in [5.74, 6) is 0.783. The van der Waals surface area contributed by atoms with E-state index in [4.69, 9.17) is 5.73 Å². The van der Waals surface area contributed by atoms with Gasteiger partial charge >= 0.3 is 0 Å². The first-order chi connectivity index (χ1) is 9.11. The second-order valence-corrected chi connectivity index (χ2v) is 7.63. The number of thiophene rings is 1. The number of nitrogens with two attached hydrogens (primary N) is 1. The summed E-state index contributed by atoms with van der Waals surface area (Å²) in [5, 5.41) is 0. The number of hydrogen-bond donors (Lipinski definition) is 1. The lowest BCUT2D eigenvalue weighted by atomic mass is 10.4. The topological polar surface area (TPSA) is 81.2 Å². The van der Waals surface area contributed by atoms with E-state index < -0.39 is 10.0 Å². The highest BCUT2D eigenvalue weighted by atomic mass is 32.2. The van der Waals surface area contributed by atoms with Crippen LogP contribution in [0.15, 0.2) is 28.7 Å². The van der Waals surface area contributed by atoms with Crippen molar-refractivity contribution in [2.75, 3.05) is 6.54 Å². The van der Waals surface area contributed by atoms with Crippen molar-refractivity contribution in [3.8, 4) is 0 Å². The number of nitrogens with zero attached hydrogens (tertiary/aromatic N) is 3. The minimum atomic E-state index is -3.43. The zero-order valence-corrected chi connectivity index (χ0v) is 11.8. The Morgan fingerprint density at radius 2 is 2.21 bits per heavy atom. The van der Waals surface area contributed by atoms with Crippen LogP contribution in [0.3, 0.4) is 0 Å². The van der Waals surface area contributed by atoms with Crippen LogP contribution in [0.4, 0.5) is 0 Å². The molecule has 3 rings (SSSR count). The van der Waals surface area contributed by atoms with Crippen molar-refractivity contribution < 1.29 is 8.42 Å². The fourth-order valence-corrected chi connectivity index (χ4v) is 4.86. The number of imidazole rings is 1. The van der Waals surface area contributed by atoms with Crippen LogP contribution in [0.1, 0.15) is 10.7 Å². The summed E-state index contributed by atoms with van der Waals surface area (Å²) < 4.78 is 28.8. The molecule has 102 valence electrons. The molecule has 0 spiro atoms. The second kappa shape index (κ2) is 4.71. The fraction of sp³-hybridized carbons (Fsp3) is 0.364. The normalized spacial score (nSPS) is 16.5. The van der Waals surface area contributed by atoms with Gasteiger partial charge in [0.1, 0.15) is 10.0 Å². The number of aromatic nitrogens is 2. The number of fused-ring (bicyclic) bond motifs is 1. The van der Waals surface area contributed by atoms with Gasteiger partial charge in [0, 0.05) is 36.9 Å². The molecule has 0 atom stereocenters. The van der Waals surface area contributed by atoms with Gasteiger partial charge in [-0.3, -0.25) is 0 Å². The van der Waals surface area contributed by atoms with E-state index in [-0.39, 0.29) is 0 Å². The molecule has 2 aromatic heterocycles. The van der Waals surface area contributed by atoms with Crippen LogP contribution in [0.2, 0.25) is 0 Å². The number of sulfonamides is 1. The zero-order valence-electron chi connectivity index (χ0n) is 10.2. The molecule has 0 unspecified atom stereocenters. The average Bonchev–Trinajstić information content (AvgIpc) is 3.06. The summed E-state index contributed by atoms with van der Waals surface area (Å²) in [5.41, 5.74) is 5.52. The van der Waals surface area contributed by atoms with Crippen LogP contribution in [0.5, 0.6) is 0 Å². The first-order valence-corrected chi connectivity index (χ1v) is 8.16. The van der Waals surface area contributed by atoms with Crippen LogP contribution in [-0.4, -0.2) is 28.8 Å². The fourth-order valence-electron chi connectivity index (χ4n) is 2.09. The Kier molecular flexibility index (Phi) is 3.17. The smallest absolute Gasteiger partial charge is 0.253 e. The predicted molar refractivity (Wildman–Crippen MR) is 72.0 cm³/mol. The molecule has 1 aliphatic rings. The highest BCUT2D eigenvalue weighted by Gasteiger charge is 2.29. The maximum absolute atomic E-state index is 12.5. The van der Waals surface area contributed by atoms with Crippen molar-refractivity contribution >= 4 is 21.4 Å². The van der Waals surface area contributed by atoms with Crippen molar-refractivity contribution in [1.29, 1.82) is 0 Å². The minimum Gasteiger partial charge on any atom is -0.333 e. The molecule has 0 aromatic carbocycles. The third-order valence-electron chi connectivity index (χ3n) is 3.14. The van der Waals surface area contributed by atoms with Gasteiger partial charge in [0.25, 0.3) is 10.0 Å². The van der Waals surface area contributed by atoms with Gasteiger partial charge in [-0.05, 0) is 12.1 Å². The summed E-state index contributed by atoms with van der Waals surface area (Å²) >= 11 is 1.23. The quantitative estimate of drug-likeness (QED) is 0.900. The Hall–Kier alpha value is -1.22. The highest BCUT2D eigenvalue weighted by molar-refractivity contribution is 7.91. The maximum Gasteiger partial charge on any atom is 0.253 e. The van der Waals surface area contributed by atoms with E-state index in [9.17, 15) is 8.42 Å². The van der Waals surface area contributed by atoms with Gasteiger partial charge in [-0.25, -0.2) is 13.4 Å². The highest BCUT2D eigenvalue weighted by Crippen LogP contribution is 2.26. The summed E-state index contributed by atoms with van der Waals surface area (Å²) in [6.07, 6.45) is 3.57. The van der Waals surface area contributed by atoms with E-state index in [1.807, 2.05) is 10.8 Å². The summed E-state index contributed by atoms with van der Waals surface area (Å²) in [6.45, 7) is 1.81. The van der Waals surface area contributed by atoms with Gasteiger partial charge in [-0.1, -0.05) is 0 Å². The van der Waals surface area contributed by atoms with Crippen LogP contribution < -0.4 is 5.73 Å². The lowest BCUT2D eigenvalue weighted by Gasteiger charge is -2.26. The molecule has 0 bridgehead atoms. The van der Waals surface area contributed by atoms with Gasteiger partial charge in [-0.2, -0.15) is 4.31 Å². The molecule has 0 amide bonds.